The molecule has 0 unspecified atom stereocenters. The summed E-state index contributed by atoms with van der Waals surface area (Å²) in [5.74, 6) is -0.0751. The molecule has 5 nitrogen and oxygen atoms in total. The summed E-state index contributed by atoms with van der Waals surface area (Å²) in [4.78, 5) is 12.3. The van der Waals surface area contributed by atoms with Gasteiger partial charge in [0, 0.05) is 22.8 Å². The number of carbonyl (C=O) groups is 1. The van der Waals surface area contributed by atoms with Gasteiger partial charge in [0.2, 0.25) is 0 Å². The van der Waals surface area contributed by atoms with Crippen molar-refractivity contribution < 1.29 is 13.9 Å². The fraction of sp³-hybridized carbons (Fsp3) is 0.111. The lowest BCUT2D eigenvalue weighted by atomic mass is 10.2. The molecule has 0 saturated carbocycles. The van der Waals surface area contributed by atoms with Gasteiger partial charge in [-0.25, -0.2) is 9.07 Å². The van der Waals surface area contributed by atoms with Crippen LogP contribution in [-0.4, -0.2) is 22.8 Å². The number of carbonyl (C=O) groups excluding carboxylic acids is 1. The number of hydrogen-bond acceptors (Lipinski definition) is 3. The molecule has 1 heterocycles. The Morgan fingerprint density at radius 1 is 1.28 bits per heavy atom. The molecule has 1 amide bonds. The van der Waals surface area contributed by atoms with Gasteiger partial charge in [0.25, 0.3) is 5.91 Å². The van der Waals surface area contributed by atoms with E-state index in [4.69, 9.17) is 4.74 Å². The van der Waals surface area contributed by atoms with Crippen LogP contribution < -0.4 is 10.1 Å². The van der Waals surface area contributed by atoms with Gasteiger partial charge >= 0.3 is 0 Å². The SMILES string of the molecule is COc1ccc(Br)cc1CNC(=O)c1ccn(-c2ccccc2F)n1. The fourth-order valence-corrected chi connectivity index (χ4v) is 2.78. The summed E-state index contributed by atoms with van der Waals surface area (Å²) in [5.41, 5.74) is 1.33. The van der Waals surface area contributed by atoms with E-state index in [1.807, 2.05) is 18.2 Å². The predicted molar refractivity (Wildman–Crippen MR) is 95.4 cm³/mol. The van der Waals surface area contributed by atoms with Crippen molar-refractivity contribution >= 4 is 21.8 Å². The number of hydrogen-bond donors (Lipinski definition) is 1. The standard InChI is InChI=1S/C18H15BrFN3O2/c1-25-17-7-6-13(19)10-12(17)11-21-18(24)15-8-9-23(22-15)16-5-3-2-4-14(16)20/h2-10H,11H2,1H3,(H,21,24). The van der Waals surface area contributed by atoms with Gasteiger partial charge in [-0.15, -0.1) is 0 Å². The van der Waals surface area contributed by atoms with Crippen molar-refractivity contribution in [3.8, 4) is 11.4 Å². The number of amides is 1. The highest BCUT2D eigenvalue weighted by atomic mass is 79.9. The third-order valence-electron chi connectivity index (χ3n) is 3.60. The van der Waals surface area contributed by atoms with E-state index in [9.17, 15) is 9.18 Å². The van der Waals surface area contributed by atoms with Crippen molar-refractivity contribution in [2.24, 2.45) is 0 Å². The quantitative estimate of drug-likeness (QED) is 0.706. The van der Waals surface area contributed by atoms with Gasteiger partial charge in [0.15, 0.2) is 5.69 Å². The smallest absolute Gasteiger partial charge is 0.272 e. The summed E-state index contributed by atoms with van der Waals surface area (Å²) in [7, 11) is 1.57. The lowest BCUT2D eigenvalue weighted by Gasteiger charge is -2.09. The third kappa shape index (κ3) is 3.88. The molecular formula is C18H15BrFN3O2. The number of rotatable bonds is 5. The Kier molecular flexibility index (Phi) is 5.14. The molecule has 3 aromatic rings. The van der Waals surface area contributed by atoms with Crippen molar-refractivity contribution in [1.29, 1.82) is 0 Å². The lowest BCUT2D eigenvalue weighted by molar-refractivity contribution is 0.0945. The summed E-state index contributed by atoms with van der Waals surface area (Å²) < 4.78 is 21.3. The van der Waals surface area contributed by atoms with Crippen LogP contribution >= 0.6 is 15.9 Å². The van der Waals surface area contributed by atoms with E-state index in [2.05, 4.69) is 26.3 Å². The van der Waals surface area contributed by atoms with E-state index >= 15 is 0 Å². The van der Waals surface area contributed by atoms with Crippen LogP contribution in [0.15, 0.2) is 59.2 Å². The Morgan fingerprint density at radius 2 is 2.08 bits per heavy atom. The molecule has 2 aromatic carbocycles. The van der Waals surface area contributed by atoms with E-state index in [1.165, 1.54) is 10.7 Å². The number of nitrogens with one attached hydrogen (secondary N) is 1. The number of aromatic nitrogens is 2. The summed E-state index contributed by atoms with van der Waals surface area (Å²) in [6.45, 7) is 0.286. The molecule has 0 aliphatic carbocycles. The molecule has 128 valence electrons. The van der Waals surface area contributed by atoms with Crippen LogP contribution in [0.5, 0.6) is 5.75 Å². The van der Waals surface area contributed by atoms with Gasteiger partial charge in [0.05, 0.1) is 7.11 Å². The van der Waals surface area contributed by atoms with Crippen LogP contribution in [-0.2, 0) is 6.54 Å². The summed E-state index contributed by atoms with van der Waals surface area (Å²) >= 11 is 3.39. The molecule has 0 aliphatic rings. The van der Waals surface area contributed by atoms with Crippen molar-refractivity contribution in [3.63, 3.8) is 0 Å². The average Bonchev–Trinajstić information content (AvgIpc) is 3.10. The zero-order valence-electron chi connectivity index (χ0n) is 13.4. The molecule has 1 N–H and O–H groups in total. The largest absolute Gasteiger partial charge is 0.496 e. The van der Waals surface area contributed by atoms with Crippen molar-refractivity contribution in [2.75, 3.05) is 7.11 Å². The highest BCUT2D eigenvalue weighted by Gasteiger charge is 2.13. The van der Waals surface area contributed by atoms with Crippen molar-refractivity contribution in [2.45, 2.75) is 6.54 Å². The first-order chi connectivity index (χ1) is 12.1. The maximum Gasteiger partial charge on any atom is 0.272 e. The molecule has 0 atom stereocenters. The minimum atomic E-state index is -0.406. The van der Waals surface area contributed by atoms with Gasteiger partial charge in [0.1, 0.15) is 17.3 Å². The topological polar surface area (TPSA) is 56.1 Å². The summed E-state index contributed by atoms with van der Waals surface area (Å²) in [5, 5.41) is 6.93. The monoisotopic (exact) mass is 403 g/mol. The molecule has 3 rings (SSSR count). The van der Waals surface area contributed by atoms with Crippen molar-refractivity contribution in [1.82, 2.24) is 15.1 Å². The Balaban J connectivity index is 1.73. The van der Waals surface area contributed by atoms with Crippen LogP contribution in [0.2, 0.25) is 0 Å². The van der Waals surface area contributed by atoms with Gasteiger partial charge < -0.3 is 10.1 Å². The molecule has 0 saturated heterocycles. The van der Waals surface area contributed by atoms with E-state index in [0.717, 1.165) is 10.0 Å². The van der Waals surface area contributed by atoms with E-state index < -0.39 is 5.82 Å². The highest BCUT2D eigenvalue weighted by molar-refractivity contribution is 9.10. The van der Waals surface area contributed by atoms with Crippen molar-refractivity contribution in [3.05, 3.63) is 76.3 Å². The zero-order chi connectivity index (χ0) is 17.8. The maximum absolute atomic E-state index is 13.8. The second-order valence-electron chi connectivity index (χ2n) is 5.24. The van der Waals surface area contributed by atoms with Crippen LogP contribution in [0.3, 0.4) is 0 Å². The second kappa shape index (κ2) is 7.48. The Labute approximate surface area is 152 Å². The second-order valence-corrected chi connectivity index (χ2v) is 6.15. The van der Waals surface area contributed by atoms with Crippen LogP contribution in [0.4, 0.5) is 4.39 Å². The Hall–Kier alpha value is -2.67. The molecule has 25 heavy (non-hydrogen) atoms. The number of para-hydroxylation sites is 1. The molecule has 7 heteroatoms. The molecule has 0 radical (unpaired) electrons. The number of benzene rings is 2. The van der Waals surface area contributed by atoms with Gasteiger partial charge in [-0.2, -0.15) is 5.10 Å². The number of methoxy groups -OCH3 is 1. The Morgan fingerprint density at radius 3 is 2.84 bits per heavy atom. The van der Waals surface area contributed by atoms with E-state index in [-0.39, 0.29) is 23.8 Å². The van der Waals surface area contributed by atoms with Crippen LogP contribution in [0.25, 0.3) is 5.69 Å². The first-order valence-electron chi connectivity index (χ1n) is 7.49. The summed E-state index contributed by atoms with van der Waals surface area (Å²) in [6, 6.07) is 13.3. The number of ether oxygens (including phenoxy) is 1. The first-order valence-corrected chi connectivity index (χ1v) is 8.29. The Bertz CT molecular complexity index is 911. The molecule has 0 bridgehead atoms. The minimum absolute atomic E-state index is 0.206. The number of nitrogens with zero attached hydrogens (tertiary/aromatic N) is 2. The average molecular weight is 404 g/mol. The summed E-state index contributed by atoms with van der Waals surface area (Å²) in [6.07, 6.45) is 1.55. The molecular weight excluding hydrogens is 389 g/mol. The predicted octanol–water partition coefficient (Wildman–Crippen LogP) is 3.71. The zero-order valence-corrected chi connectivity index (χ0v) is 15.0. The van der Waals surface area contributed by atoms with E-state index in [1.54, 1.807) is 37.6 Å². The fourth-order valence-electron chi connectivity index (χ4n) is 2.37. The first kappa shape index (κ1) is 17.2. The van der Waals surface area contributed by atoms with Crippen LogP contribution in [0.1, 0.15) is 16.1 Å². The normalized spacial score (nSPS) is 10.5. The number of halogens is 2. The van der Waals surface area contributed by atoms with Gasteiger partial charge in [-0.3, -0.25) is 4.79 Å². The maximum atomic E-state index is 13.8. The highest BCUT2D eigenvalue weighted by Crippen LogP contribution is 2.22. The molecule has 0 fully saturated rings. The van der Waals surface area contributed by atoms with Gasteiger partial charge in [-0.05, 0) is 36.4 Å². The molecule has 1 aromatic heterocycles. The molecule has 0 aliphatic heterocycles. The third-order valence-corrected chi connectivity index (χ3v) is 4.10. The van der Waals surface area contributed by atoms with E-state index in [0.29, 0.717) is 5.75 Å². The minimum Gasteiger partial charge on any atom is -0.496 e. The lowest BCUT2D eigenvalue weighted by Crippen LogP contribution is -2.23. The van der Waals surface area contributed by atoms with Gasteiger partial charge in [-0.1, -0.05) is 28.1 Å². The van der Waals surface area contributed by atoms with Crippen LogP contribution in [0, 0.1) is 5.82 Å². The molecule has 0 spiro atoms.